The number of aromatic nitrogens is 1. The van der Waals surface area contributed by atoms with Crippen LogP contribution < -0.4 is 4.90 Å². The molecule has 1 atom stereocenters. The van der Waals surface area contributed by atoms with E-state index in [1.54, 1.807) is 0 Å². The van der Waals surface area contributed by atoms with Gasteiger partial charge in [-0.3, -0.25) is 0 Å². The Morgan fingerprint density at radius 1 is 0.381 bits per heavy atom. The van der Waals surface area contributed by atoms with Crippen LogP contribution in [0.1, 0.15) is 59.7 Å². The van der Waals surface area contributed by atoms with Gasteiger partial charge in [0.1, 0.15) is 0 Å². The minimum atomic E-state index is -0.446. The highest BCUT2D eigenvalue weighted by atomic mass is 15.1. The molecule has 1 unspecified atom stereocenters. The van der Waals surface area contributed by atoms with E-state index in [-0.39, 0.29) is 5.41 Å². The fraction of sp³-hybridized carbons (Fsp3) is 0.0732. The molecule has 0 bridgehead atoms. The van der Waals surface area contributed by atoms with Gasteiger partial charge in [0.05, 0.1) is 16.4 Å². The summed E-state index contributed by atoms with van der Waals surface area (Å²) >= 11 is 0. The quantitative estimate of drug-likeness (QED) is 0.112. The summed E-state index contributed by atoms with van der Waals surface area (Å²) in [4.78, 5) is 2.43. The third kappa shape index (κ3) is 9.27. The average molecular weight is 1080 g/mol. The first-order valence-electron chi connectivity index (χ1n) is 29.2. The van der Waals surface area contributed by atoms with Crippen LogP contribution in [-0.2, 0) is 17.3 Å². The SMILES string of the molecule is C=Cc1ccc(CC2(c3ccccc3)c3ccccc3-c3ccc(N(c4ccc(-c5ccc(-c6ccc7c(c6)c6cc(-c8ccc(C=C)cc8)ccc6n7-c6ccccc6)cc5)cc4)c4ccc(-c5ccc(C(C)(C)C)cc5)cc4)cc32)cc1. The second-order valence-electron chi connectivity index (χ2n) is 23.5. The van der Waals surface area contributed by atoms with Gasteiger partial charge in [-0.05, 0) is 179 Å². The molecule has 0 N–H and O–H groups in total. The highest BCUT2D eigenvalue weighted by Crippen LogP contribution is 2.56. The van der Waals surface area contributed by atoms with E-state index in [4.69, 9.17) is 0 Å². The van der Waals surface area contributed by atoms with Crippen LogP contribution in [0, 0.1) is 0 Å². The molecular weight excluding hydrogens is 1010 g/mol. The van der Waals surface area contributed by atoms with Crippen LogP contribution in [0.2, 0.25) is 0 Å². The minimum absolute atomic E-state index is 0.0857. The maximum Gasteiger partial charge on any atom is 0.0541 e. The number of para-hydroxylation sites is 1. The number of benzene rings is 12. The van der Waals surface area contributed by atoms with Crippen molar-refractivity contribution in [3.05, 3.63) is 337 Å². The smallest absolute Gasteiger partial charge is 0.0541 e. The van der Waals surface area contributed by atoms with Crippen LogP contribution in [0.3, 0.4) is 0 Å². The highest BCUT2D eigenvalue weighted by molar-refractivity contribution is 6.11. The van der Waals surface area contributed by atoms with Gasteiger partial charge in [0.15, 0.2) is 0 Å². The monoisotopic (exact) mass is 1080 g/mol. The zero-order valence-electron chi connectivity index (χ0n) is 47.8. The van der Waals surface area contributed by atoms with Crippen molar-refractivity contribution < 1.29 is 0 Å². The van der Waals surface area contributed by atoms with Crippen molar-refractivity contribution in [2.45, 2.75) is 38.0 Å². The fourth-order valence-electron chi connectivity index (χ4n) is 13.0. The molecule has 2 nitrogen and oxygen atoms in total. The van der Waals surface area contributed by atoms with Gasteiger partial charge >= 0.3 is 0 Å². The molecule has 2 heteroatoms. The molecule has 1 aliphatic carbocycles. The van der Waals surface area contributed by atoms with Gasteiger partial charge in [-0.2, -0.15) is 0 Å². The molecule has 0 aliphatic heterocycles. The van der Waals surface area contributed by atoms with E-state index in [1.807, 2.05) is 12.2 Å². The van der Waals surface area contributed by atoms with E-state index in [1.165, 1.54) is 94.1 Å². The van der Waals surface area contributed by atoms with Crippen molar-refractivity contribution >= 4 is 51.0 Å². The third-order valence-electron chi connectivity index (χ3n) is 17.5. The van der Waals surface area contributed by atoms with Gasteiger partial charge in [0, 0.05) is 33.5 Å². The molecular formula is C82H64N2. The zero-order valence-corrected chi connectivity index (χ0v) is 47.8. The van der Waals surface area contributed by atoms with Crippen LogP contribution in [-0.4, -0.2) is 4.57 Å². The highest BCUT2D eigenvalue weighted by Gasteiger charge is 2.45. The molecule has 0 radical (unpaired) electrons. The fourth-order valence-corrected chi connectivity index (χ4v) is 13.0. The molecule has 0 saturated heterocycles. The molecule has 0 fully saturated rings. The molecule has 1 aliphatic rings. The molecule has 13 aromatic rings. The molecule has 0 amide bonds. The second-order valence-corrected chi connectivity index (χ2v) is 23.5. The first kappa shape index (κ1) is 51.8. The van der Waals surface area contributed by atoms with E-state index < -0.39 is 5.41 Å². The van der Waals surface area contributed by atoms with Crippen LogP contribution in [0.5, 0.6) is 0 Å². The number of rotatable bonds is 13. The Bertz CT molecular complexity index is 4560. The summed E-state index contributed by atoms with van der Waals surface area (Å²) in [5.41, 5.74) is 27.2. The van der Waals surface area contributed by atoms with Crippen molar-refractivity contribution in [1.82, 2.24) is 4.57 Å². The number of hydrogen-bond donors (Lipinski definition) is 0. The van der Waals surface area contributed by atoms with E-state index in [2.05, 4.69) is 329 Å². The number of hydrogen-bond acceptors (Lipinski definition) is 1. The Balaban J connectivity index is 0.840. The van der Waals surface area contributed by atoms with Crippen molar-refractivity contribution in [1.29, 1.82) is 0 Å². The largest absolute Gasteiger partial charge is 0.310 e. The molecule has 1 heterocycles. The normalized spacial score (nSPS) is 13.6. The summed E-state index contributed by atoms with van der Waals surface area (Å²) in [5, 5.41) is 2.45. The molecule has 1 aromatic heterocycles. The van der Waals surface area contributed by atoms with Crippen molar-refractivity contribution in [2.24, 2.45) is 0 Å². The lowest BCUT2D eigenvalue weighted by atomic mass is 9.68. The topological polar surface area (TPSA) is 8.17 Å². The minimum Gasteiger partial charge on any atom is -0.310 e. The first-order chi connectivity index (χ1) is 41.1. The standard InChI is InChI=1S/C82H64N2/c1-6-56-22-24-58(25-23-56)55-82(68-16-10-8-11-17-68)77-21-15-14-20-73(77)74-49-48-72(54-78(74)82)83(71-46-38-62(39-47-71)60-34-42-67(43-35-60)81(3,4)5)70-44-36-61(37-45-70)59-30-32-64(33-31-59)66-41-51-80-76(53-66)75-52-65(63-28-26-57(7-2)27-29-63)40-50-79(75)84(80)69-18-12-9-13-19-69/h6-54H,1-2,55H2,3-5H3. The van der Waals surface area contributed by atoms with Gasteiger partial charge < -0.3 is 9.47 Å². The lowest BCUT2D eigenvalue weighted by Crippen LogP contribution is -2.30. The summed E-state index contributed by atoms with van der Waals surface area (Å²) in [6.45, 7) is 14.8. The molecule has 12 aromatic carbocycles. The Morgan fingerprint density at radius 3 is 1.32 bits per heavy atom. The predicted molar refractivity (Wildman–Crippen MR) is 358 cm³/mol. The van der Waals surface area contributed by atoms with Crippen LogP contribution in [0.25, 0.3) is 95.3 Å². The van der Waals surface area contributed by atoms with E-state index in [0.717, 1.165) is 51.4 Å². The van der Waals surface area contributed by atoms with Crippen LogP contribution >= 0.6 is 0 Å². The number of anilines is 3. The maximum atomic E-state index is 4.05. The lowest BCUT2D eigenvalue weighted by Gasteiger charge is -2.34. The van der Waals surface area contributed by atoms with Gasteiger partial charge in [-0.1, -0.05) is 258 Å². The average Bonchev–Trinajstić information content (AvgIpc) is 4.17. The predicted octanol–water partition coefficient (Wildman–Crippen LogP) is 22.1. The van der Waals surface area contributed by atoms with E-state index >= 15 is 0 Å². The van der Waals surface area contributed by atoms with Crippen LogP contribution in [0.4, 0.5) is 17.1 Å². The summed E-state index contributed by atoms with van der Waals surface area (Å²) in [7, 11) is 0. The summed E-state index contributed by atoms with van der Waals surface area (Å²) < 4.78 is 2.39. The van der Waals surface area contributed by atoms with Gasteiger partial charge in [0.2, 0.25) is 0 Å². The Morgan fingerprint density at radius 2 is 0.798 bits per heavy atom. The molecule has 84 heavy (non-hydrogen) atoms. The van der Waals surface area contributed by atoms with Crippen LogP contribution in [0.15, 0.2) is 298 Å². The molecule has 0 spiro atoms. The first-order valence-corrected chi connectivity index (χ1v) is 29.2. The Labute approximate surface area is 494 Å². The van der Waals surface area contributed by atoms with Gasteiger partial charge in [0.25, 0.3) is 0 Å². The van der Waals surface area contributed by atoms with Crippen molar-refractivity contribution in [2.75, 3.05) is 4.90 Å². The molecule has 402 valence electrons. The van der Waals surface area contributed by atoms with Gasteiger partial charge in [-0.15, -0.1) is 0 Å². The molecule has 14 rings (SSSR count). The molecule has 0 saturated carbocycles. The van der Waals surface area contributed by atoms with Crippen molar-refractivity contribution in [3.63, 3.8) is 0 Å². The Kier molecular flexibility index (Phi) is 13.1. The second kappa shape index (κ2) is 21.2. The lowest BCUT2D eigenvalue weighted by molar-refractivity contribution is 0.590. The van der Waals surface area contributed by atoms with E-state index in [9.17, 15) is 0 Å². The number of fused-ring (bicyclic) bond motifs is 6. The summed E-state index contributed by atoms with van der Waals surface area (Å²) in [6, 6.07) is 106. The van der Waals surface area contributed by atoms with E-state index in [0.29, 0.717) is 0 Å². The summed E-state index contributed by atoms with van der Waals surface area (Å²) in [5.74, 6) is 0. The van der Waals surface area contributed by atoms with Gasteiger partial charge in [-0.25, -0.2) is 0 Å². The zero-order chi connectivity index (χ0) is 56.9. The maximum absolute atomic E-state index is 4.05. The Hall–Kier alpha value is -10.3. The summed E-state index contributed by atoms with van der Waals surface area (Å²) in [6.07, 6.45) is 4.62. The number of nitrogens with zero attached hydrogens (tertiary/aromatic N) is 2. The van der Waals surface area contributed by atoms with Crippen molar-refractivity contribution in [3.8, 4) is 61.3 Å². The third-order valence-corrected chi connectivity index (χ3v) is 17.5.